The summed E-state index contributed by atoms with van der Waals surface area (Å²) in [4.78, 5) is 0. The van der Waals surface area contributed by atoms with Gasteiger partial charge < -0.3 is 15.2 Å². The number of ether oxygens (including phenoxy) is 1. The Bertz CT molecular complexity index is 488. The molecule has 118 valence electrons. The summed E-state index contributed by atoms with van der Waals surface area (Å²) >= 11 is 5.91. The van der Waals surface area contributed by atoms with Crippen LogP contribution < -0.4 is 5.32 Å². The monoisotopic (exact) mass is 323 g/mol. The van der Waals surface area contributed by atoms with Gasteiger partial charge in [0.2, 0.25) is 0 Å². The molecule has 0 bridgehead atoms. The molecule has 0 radical (unpaired) electrons. The Hall–Kier alpha value is -0.820. The van der Waals surface area contributed by atoms with Gasteiger partial charge in [-0.15, -0.1) is 0 Å². The van der Waals surface area contributed by atoms with Gasteiger partial charge in [-0.1, -0.05) is 11.6 Å². The number of hydrogen-bond acceptors (Lipinski definition) is 3. The van der Waals surface area contributed by atoms with Crippen molar-refractivity contribution in [3.05, 3.63) is 34.3 Å². The lowest BCUT2D eigenvalue weighted by atomic mass is 9.94. The smallest absolute Gasteiger partial charge is 0.388 e. The van der Waals surface area contributed by atoms with E-state index in [2.05, 4.69) is 5.32 Å². The largest absolute Gasteiger partial charge is 0.416 e. The van der Waals surface area contributed by atoms with E-state index >= 15 is 0 Å². The Balaban J connectivity index is 1.96. The van der Waals surface area contributed by atoms with Crippen LogP contribution in [0.25, 0.3) is 0 Å². The molecule has 1 aromatic rings. The molecule has 0 aromatic heterocycles. The van der Waals surface area contributed by atoms with Crippen LogP contribution in [0.15, 0.2) is 18.2 Å². The molecule has 1 aliphatic rings. The van der Waals surface area contributed by atoms with E-state index in [1.807, 2.05) is 0 Å². The predicted octanol–water partition coefficient (Wildman–Crippen LogP) is 2.99. The minimum absolute atomic E-state index is 0.173. The molecule has 1 heterocycles. The van der Waals surface area contributed by atoms with Crippen LogP contribution in [-0.2, 0) is 17.5 Å². The molecule has 2 rings (SSSR count). The molecule has 0 amide bonds. The first-order valence-electron chi connectivity index (χ1n) is 6.67. The molecule has 3 nitrogen and oxygen atoms in total. The van der Waals surface area contributed by atoms with E-state index in [-0.39, 0.29) is 11.6 Å². The lowest BCUT2D eigenvalue weighted by molar-refractivity contribution is -0.137. The van der Waals surface area contributed by atoms with Gasteiger partial charge in [0.25, 0.3) is 0 Å². The number of halogens is 4. The Morgan fingerprint density at radius 3 is 2.57 bits per heavy atom. The fraction of sp³-hybridized carbons (Fsp3) is 0.571. The summed E-state index contributed by atoms with van der Waals surface area (Å²) < 4.78 is 43.1. The SMILES string of the molecule is OC1(CNCc2cc(C(F)(F)F)ccc2Cl)CCOCC1. The third-order valence-electron chi connectivity index (χ3n) is 3.57. The first-order valence-corrected chi connectivity index (χ1v) is 7.04. The Kier molecular flexibility index (Phi) is 5.14. The fourth-order valence-corrected chi connectivity index (χ4v) is 2.43. The molecule has 0 saturated carbocycles. The maximum atomic E-state index is 12.7. The lowest BCUT2D eigenvalue weighted by Crippen LogP contribution is -2.44. The van der Waals surface area contributed by atoms with Crippen LogP contribution in [0.1, 0.15) is 24.0 Å². The molecule has 1 aliphatic heterocycles. The molecule has 1 fully saturated rings. The van der Waals surface area contributed by atoms with Gasteiger partial charge in [-0.25, -0.2) is 0 Å². The summed E-state index contributed by atoms with van der Waals surface area (Å²) in [5.41, 5.74) is -1.23. The number of nitrogens with one attached hydrogen (secondary N) is 1. The summed E-state index contributed by atoms with van der Waals surface area (Å²) in [5, 5.41) is 13.5. The summed E-state index contributed by atoms with van der Waals surface area (Å²) in [5.74, 6) is 0. The minimum Gasteiger partial charge on any atom is -0.388 e. The average Bonchev–Trinajstić information content (AvgIpc) is 2.40. The summed E-state index contributed by atoms with van der Waals surface area (Å²) in [7, 11) is 0. The Morgan fingerprint density at radius 1 is 1.29 bits per heavy atom. The van der Waals surface area contributed by atoms with Crippen LogP contribution in [0.5, 0.6) is 0 Å². The molecule has 2 N–H and O–H groups in total. The second kappa shape index (κ2) is 6.52. The molecule has 0 aliphatic carbocycles. The highest BCUT2D eigenvalue weighted by Gasteiger charge is 2.31. The Labute approximate surface area is 126 Å². The van der Waals surface area contributed by atoms with Gasteiger partial charge in [-0.05, 0) is 23.8 Å². The highest BCUT2D eigenvalue weighted by atomic mass is 35.5. The first-order chi connectivity index (χ1) is 9.80. The van der Waals surface area contributed by atoms with E-state index < -0.39 is 17.3 Å². The second-order valence-electron chi connectivity index (χ2n) is 5.24. The zero-order valence-corrected chi connectivity index (χ0v) is 12.1. The maximum Gasteiger partial charge on any atom is 0.416 e. The molecule has 1 saturated heterocycles. The maximum absolute atomic E-state index is 12.7. The van der Waals surface area contributed by atoms with Crippen molar-refractivity contribution in [2.75, 3.05) is 19.8 Å². The van der Waals surface area contributed by atoms with E-state index in [0.717, 1.165) is 12.1 Å². The van der Waals surface area contributed by atoms with Gasteiger partial charge in [0.15, 0.2) is 0 Å². The average molecular weight is 324 g/mol. The van der Waals surface area contributed by atoms with E-state index in [4.69, 9.17) is 16.3 Å². The normalized spacial score (nSPS) is 18.7. The van der Waals surface area contributed by atoms with Crippen molar-refractivity contribution in [3.8, 4) is 0 Å². The van der Waals surface area contributed by atoms with E-state index in [1.54, 1.807) is 0 Å². The van der Waals surface area contributed by atoms with Crippen molar-refractivity contribution in [1.29, 1.82) is 0 Å². The third-order valence-corrected chi connectivity index (χ3v) is 3.93. The van der Waals surface area contributed by atoms with Crippen molar-refractivity contribution < 1.29 is 23.0 Å². The molecular weight excluding hydrogens is 307 g/mol. The molecule has 21 heavy (non-hydrogen) atoms. The molecular formula is C14H17ClF3NO2. The standard InChI is InChI=1S/C14H17ClF3NO2/c15-12-2-1-11(14(16,17)18)7-10(12)8-19-9-13(20)3-5-21-6-4-13/h1-2,7,19-20H,3-6,8-9H2. The molecule has 0 atom stereocenters. The molecule has 0 spiro atoms. The van der Waals surface area contributed by atoms with Crippen LogP contribution in [0.2, 0.25) is 5.02 Å². The number of aliphatic hydroxyl groups is 1. The number of benzene rings is 1. The van der Waals surface area contributed by atoms with Gasteiger partial charge in [0, 0.05) is 44.2 Å². The van der Waals surface area contributed by atoms with Crippen molar-refractivity contribution in [2.45, 2.75) is 31.2 Å². The van der Waals surface area contributed by atoms with Crippen molar-refractivity contribution in [1.82, 2.24) is 5.32 Å². The van der Waals surface area contributed by atoms with Gasteiger partial charge in [0.1, 0.15) is 0 Å². The van der Waals surface area contributed by atoms with Crippen LogP contribution in [0.4, 0.5) is 13.2 Å². The summed E-state index contributed by atoms with van der Waals surface area (Å²) in [6.07, 6.45) is -3.37. The fourth-order valence-electron chi connectivity index (χ4n) is 2.24. The molecule has 0 unspecified atom stereocenters. The number of alkyl halides is 3. The highest BCUT2D eigenvalue weighted by molar-refractivity contribution is 6.31. The number of hydrogen-bond donors (Lipinski definition) is 2. The predicted molar refractivity (Wildman–Crippen MR) is 73.2 cm³/mol. The van der Waals surface area contributed by atoms with Crippen LogP contribution in [-0.4, -0.2) is 30.5 Å². The number of rotatable bonds is 4. The quantitative estimate of drug-likeness (QED) is 0.895. The van der Waals surface area contributed by atoms with E-state index in [1.165, 1.54) is 6.07 Å². The summed E-state index contributed by atoms with van der Waals surface area (Å²) in [6.45, 7) is 1.44. The van der Waals surface area contributed by atoms with Gasteiger partial charge in [-0.2, -0.15) is 13.2 Å². The van der Waals surface area contributed by atoms with E-state index in [0.29, 0.717) is 38.2 Å². The van der Waals surface area contributed by atoms with Gasteiger partial charge >= 0.3 is 6.18 Å². The topological polar surface area (TPSA) is 41.5 Å². The highest BCUT2D eigenvalue weighted by Crippen LogP contribution is 2.31. The molecule has 7 heteroatoms. The lowest BCUT2D eigenvalue weighted by Gasteiger charge is -2.32. The zero-order valence-electron chi connectivity index (χ0n) is 11.3. The third kappa shape index (κ3) is 4.57. The summed E-state index contributed by atoms with van der Waals surface area (Å²) in [6, 6.07) is 3.23. The Morgan fingerprint density at radius 2 is 1.95 bits per heavy atom. The van der Waals surface area contributed by atoms with Crippen molar-refractivity contribution >= 4 is 11.6 Å². The molecule has 1 aromatic carbocycles. The zero-order chi connectivity index (χ0) is 15.5. The van der Waals surface area contributed by atoms with Crippen LogP contribution >= 0.6 is 11.6 Å². The van der Waals surface area contributed by atoms with Gasteiger partial charge in [0.05, 0.1) is 11.2 Å². The second-order valence-corrected chi connectivity index (χ2v) is 5.65. The van der Waals surface area contributed by atoms with Crippen LogP contribution in [0.3, 0.4) is 0 Å². The van der Waals surface area contributed by atoms with Crippen LogP contribution in [0, 0.1) is 0 Å². The minimum atomic E-state index is -4.39. The van der Waals surface area contributed by atoms with E-state index in [9.17, 15) is 18.3 Å². The van der Waals surface area contributed by atoms with Gasteiger partial charge in [-0.3, -0.25) is 0 Å². The van der Waals surface area contributed by atoms with Crippen molar-refractivity contribution in [3.63, 3.8) is 0 Å². The van der Waals surface area contributed by atoms with Crippen molar-refractivity contribution in [2.24, 2.45) is 0 Å². The first kappa shape index (κ1) is 16.5.